The van der Waals surface area contributed by atoms with E-state index in [4.69, 9.17) is 9.47 Å². The highest BCUT2D eigenvalue weighted by Crippen LogP contribution is 2.66. The lowest BCUT2D eigenvalue weighted by atomic mass is 9.51. The van der Waals surface area contributed by atoms with E-state index in [1.165, 1.54) is 26.4 Å². The monoisotopic (exact) mass is 728 g/mol. The molecule has 4 aliphatic rings. The summed E-state index contributed by atoms with van der Waals surface area (Å²) in [6, 6.07) is 11.4. The molecule has 7 rings (SSSR count). The van der Waals surface area contributed by atoms with Crippen molar-refractivity contribution in [1.82, 2.24) is 0 Å². The molecule has 2 aliphatic heterocycles. The van der Waals surface area contributed by atoms with Gasteiger partial charge in [-0.25, -0.2) is 9.80 Å². The second kappa shape index (κ2) is 11.9. The Morgan fingerprint density at radius 1 is 0.769 bits per heavy atom. The summed E-state index contributed by atoms with van der Waals surface area (Å²) in [4.78, 5) is 58.5. The predicted molar refractivity (Wildman–Crippen MR) is 171 cm³/mol. The summed E-state index contributed by atoms with van der Waals surface area (Å²) in [5.41, 5.74) is -5.09. The molecule has 6 unspecified atom stereocenters. The highest BCUT2D eigenvalue weighted by Gasteiger charge is 2.68. The normalized spacial score (nSPS) is 27.3. The van der Waals surface area contributed by atoms with Gasteiger partial charge in [0.15, 0.2) is 0 Å². The zero-order valence-corrected chi connectivity index (χ0v) is 27.7. The first kappa shape index (κ1) is 35.1. The Morgan fingerprint density at radius 3 is 1.98 bits per heavy atom. The van der Waals surface area contributed by atoms with Gasteiger partial charge in [0.1, 0.15) is 17.2 Å². The molecule has 0 spiro atoms. The minimum Gasteiger partial charge on any atom is -0.507 e. The van der Waals surface area contributed by atoms with Gasteiger partial charge in [0.2, 0.25) is 23.6 Å². The van der Waals surface area contributed by atoms with Crippen LogP contribution in [0.1, 0.15) is 42.4 Å². The molecule has 2 saturated heterocycles. The van der Waals surface area contributed by atoms with Crippen molar-refractivity contribution >= 4 is 35.0 Å². The molecule has 1 N–H and O–H groups in total. The fourth-order valence-corrected chi connectivity index (χ4v) is 8.63. The number of carbonyl (C=O) groups is 4. The van der Waals surface area contributed by atoms with Gasteiger partial charge < -0.3 is 14.6 Å². The van der Waals surface area contributed by atoms with Crippen molar-refractivity contribution in [3.63, 3.8) is 0 Å². The van der Waals surface area contributed by atoms with E-state index in [1.54, 1.807) is 43.3 Å². The fraction of sp³-hybridized carbons (Fsp3) is 0.351. The molecule has 3 aromatic rings. The molecule has 6 atom stereocenters. The number of para-hydroxylation sites is 1. The number of nitrogens with zero attached hydrogens (tertiary/aromatic N) is 2. The minimum atomic E-state index is -5.23. The van der Waals surface area contributed by atoms with Crippen molar-refractivity contribution in [3.05, 3.63) is 89.0 Å². The summed E-state index contributed by atoms with van der Waals surface area (Å²) in [7, 11) is 2.68. The van der Waals surface area contributed by atoms with Gasteiger partial charge in [0, 0.05) is 23.6 Å². The second-order valence-corrected chi connectivity index (χ2v) is 13.5. The number of ether oxygens (including phenoxy) is 2. The number of rotatable bonds is 5. The number of benzene rings is 3. The Kier molecular flexibility index (Phi) is 8.00. The summed E-state index contributed by atoms with van der Waals surface area (Å²) in [6.45, 7) is 1.58. The molecule has 1 saturated carbocycles. The number of phenolic OH excluding ortho intramolecular Hbond substituents is 1. The number of anilines is 2. The van der Waals surface area contributed by atoms with Gasteiger partial charge in [-0.05, 0) is 56.0 Å². The van der Waals surface area contributed by atoms with Crippen molar-refractivity contribution < 1.29 is 60.1 Å². The number of allylic oxidation sites excluding steroid dienone is 2. The number of alkyl halides is 6. The van der Waals surface area contributed by atoms with Crippen LogP contribution in [0, 0.1) is 29.1 Å². The number of aromatic hydroxyl groups is 1. The van der Waals surface area contributed by atoms with Gasteiger partial charge in [-0.3, -0.25) is 19.2 Å². The van der Waals surface area contributed by atoms with E-state index in [0.717, 1.165) is 4.90 Å². The summed E-state index contributed by atoms with van der Waals surface area (Å²) in [5.74, 6) is -9.09. The standard InChI is InChI=1S/C37H30F6N2O7/c1-35-25(32(48)45(34(35)50)19-7-5-4-6-8-19)16-24-22(30(35)29-26(46)14-21(51-2)15-27(29)52-3)9-10-23-28(24)33(49)44(31(23)47)20-12-17(36(38,39)40)11-18(13-20)37(41,42)43/h4-9,11-15,23-25,28,30,46H,10,16H2,1-3H3. The zero-order valence-electron chi connectivity index (χ0n) is 27.7. The Morgan fingerprint density at radius 2 is 1.40 bits per heavy atom. The maximum Gasteiger partial charge on any atom is 0.416 e. The van der Waals surface area contributed by atoms with E-state index in [-0.39, 0.29) is 47.4 Å². The highest BCUT2D eigenvalue weighted by molar-refractivity contribution is 6.25. The molecule has 0 radical (unpaired) electrons. The van der Waals surface area contributed by atoms with Crippen molar-refractivity contribution in [2.45, 2.75) is 38.0 Å². The van der Waals surface area contributed by atoms with Crippen LogP contribution in [0.2, 0.25) is 0 Å². The lowest BCUT2D eigenvalue weighted by Crippen LogP contribution is -2.49. The molecule has 0 aromatic heterocycles. The Labute approximate surface area is 292 Å². The maximum absolute atomic E-state index is 14.6. The summed E-state index contributed by atoms with van der Waals surface area (Å²) in [6.07, 6.45) is -9.17. The third kappa shape index (κ3) is 5.06. The lowest BCUT2D eigenvalue weighted by molar-refractivity contribution is -0.143. The Bertz CT molecular complexity index is 2030. The molecule has 272 valence electrons. The van der Waals surface area contributed by atoms with Gasteiger partial charge in [-0.2, -0.15) is 26.3 Å². The zero-order chi connectivity index (χ0) is 37.7. The number of carbonyl (C=O) groups excluding carboxylic acids is 4. The molecule has 4 amide bonds. The minimum absolute atomic E-state index is 0.0861. The van der Waals surface area contributed by atoms with Crippen molar-refractivity contribution in [3.8, 4) is 17.2 Å². The Balaban J connectivity index is 1.39. The third-order valence-electron chi connectivity index (χ3n) is 11.0. The molecule has 2 aliphatic carbocycles. The maximum atomic E-state index is 14.6. The van der Waals surface area contributed by atoms with E-state index >= 15 is 0 Å². The van der Waals surface area contributed by atoms with Gasteiger partial charge in [0.05, 0.1) is 59.9 Å². The van der Waals surface area contributed by atoms with Crippen LogP contribution in [0.4, 0.5) is 37.7 Å². The van der Waals surface area contributed by atoms with E-state index in [1.807, 2.05) is 0 Å². The van der Waals surface area contributed by atoms with Crippen LogP contribution < -0.4 is 19.3 Å². The number of phenols is 1. The van der Waals surface area contributed by atoms with Gasteiger partial charge >= 0.3 is 12.4 Å². The number of methoxy groups -OCH3 is 2. The molecular formula is C37H30F6N2O7. The van der Waals surface area contributed by atoms with Crippen LogP contribution in [0.25, 0.3) is 0 Å². The molecule has 3 fully saturated rings. The number of hydrogen-bond acceptors (Lipinski definition) is 7. The predicted octanol–water partition coefficient (Wildman–Crippen LogP) is 6.88. The van der Waals surface area contributed by atoms with Crippen LogP contribution in [-0.4, -0.2) is 43.0 Å². The van der Waals surface area contributed by atoms with Crippen LogP contribution in [0.3, 0.4) is 0 Å². The number of hydrogen-bond donors (Lipinski definition) is 1. The van der Waals surface area contributed by atoms with Crippen molar-refractivity contribution in [1.29, 1.82) is 0 Å². The van der Waals surface area contributed by atoms with Crippen LogP contribution in [0.15, 0.2) is 72.3 Å². The summed E-state index contributed by atoms with van der Waals surface area (Å²) in [5, 5.41) is 11.5. The summed E-state index contributed by atoms with van der Waals surface area (Å²) >= 11 is 0. The summed E-state index contributed by atoms with van der Waals surface area (Å²) < 4.78 is 93.7. The lowest BCUT2D eigenvalue weighted by Gasteiger charge is -2.49. The van der Waals surface area contributed by atoms with E-state index in [2.05, 4.69) is 0 Å². The average molecular weight is 729 g/mol. The molecule has 2 heterocycles. The first-order valence-corrected chi connectivity index (χ1v) is 16.2. The molecule has 0 bridgehead atoms. The number of halogens is 6. The second-order valence-electron chi connectivity index (χ2n) is 13.5. The van der Waals surface area contributed by atoms with Gasteiger partial charge in [-0.1, -0.05) is 29.8 Å². The van der Waals surface area contributed by atoms with Crippen LogP contribution >= 0.6 is 0 Å². The number of amides is 4. The molecule has 15 heteroatoms. The quantitative estimate of drug-likeness (QED) is 0.173. The van der Waals surface area contributed by atoms with Crippen LogP contribution in [0.5, 0.6) is 17.2 Å². The van der Waals surface area contributed by atoms with Gasteiger partial charge in [-0.15, -0.1) is 0 Å². The first-order chi connectivity index (χ1) is 24.4. The molecule has 9 nitrogen and oxygen atoms in total. The fourth-order valence-electron chi connectivity index (χ4n) is 8.63. The van der Waals surface area contributed by atoms with Gasteiger partial charge in [0.25, 0.3) is 0 Å². The number of imide groups is 2. The van der Waals surface area contributed by atoms with E-state index in [9.17, 15) is 50.6 Å². The first-order valence-electron chi connectivity index (χ1n) is 16.2. The number of fused-ring (bicyclic) bond motifs is 4. The highest BCUT2D eigenvalue weighted by atomic mass is 19.4. The third-order valence-corrected chi connectivity index (χ3v) is 11.0. The largest absolute Gasteiger partial charge is 0.507 e. The van der Waals surface area contributed by atoms with E-state index in [0.29, 0.717) is 22.6 Å². The van der Waals surface area contributed by atoms with Crippen molar-refractivity contribution in [2.75, 3.05) is 24.0 Å². The molecule has 3 aromatic carbocycles. The topological polar surface area (TPSA) is 113 Å². The average Bonchev–Trinajstić information content (AvgIpc) is 3.47. The smallest absolute Gasteiger partial charge is 0.416 e. The SMILES string of the molecule is COc1cc(O)c(C2C3=CCC4C(=O)N(c5cc(C(F)(F)F)cc(C(F)(F)F)c5)C(=O)C4C3CC3C(=O)N(c4ccccc4)C(=O)C32C)c(OC)c1. The molecule has 52 heavy (non-hydrogen) atoms. The van der Waals surface area contributed by atoms with E-state index < -0.39 is 87.8 Å². The molecular weight excluding hydrogens is 698 g/mol. The van der Waals surface area contributed by atoms with Crippen molar-refractivity contribution in [2.24, 2.45) is 29.1 Å². The Hall–Kier alpha value is -5.34. The van der Waals surface area contributed by atoms with Crippen LogP contribution in [-0.2, 0) is 31.5 Å².